The number of hydrogen-bond acceptors (Lipinski definition) is 3. The number of carbonyl (C=O) groups is 2. The molecule has 2 amide bonds. The highest BCUT2D eigenvalue weighted by molar-refractivity contribution is 6.07. The number of rotatable bonds is 4. The van der Waals surface area contributed by atoms with Gasteiger partial charge in [0.1, 0.15) is 5.69 Å². The molecule has 182 valence electrons. The molecule has 0 fully saturated rings. The minimum atomic E-state index is -4.67. The highest BCUT2D eigenvalue weighted by atomic mass is 19.4. The standard InChI is InChI=1S/C27H21F3N4O2/c28-27(29,30)22-9-3-2-8-21(22)26(36)34-17-20-11-12-24(25(35)32-15-18-6-5-13-31-14-18)33(20)16-19-7-1-4-10-23(19)34/h1-14H,15-17H2,(H,32,35). The first-order chi connectivity index (χ1) is 17.3. The number of nitrogens with one attached hydrogen (secondary N) is 1. The monoisotopic (exact) mass is 490 g/mol. The summed E-state index contributed by atoms with van der Waals surface area (Å²) in [6.45, 7) is 0.597. The zero-order valence-electron chi connectivity index (χ0n) is 19.0. The van der Waals surface area contributed by atoms with Gasteiger partial charge in [0, 0.05) is 30.3 Å². The Morgan fingerprint density at radius 3 is 2.47 bits per heavy atom. The molecule has 1 N–H and O–H groups in total. The van der Waals surface area contributed by atoms with Gasteiger partial charge in [0.25, 0.3) is 11.8 Å². The van der Waals surface area contributed by atoms with Crippen molar-refractivity contribution in [3.8, 4) is 0 Å². The van der Waals surface area contributed by atoms with Crippen molar-refractivity contribution in [2.45, 2.75) is 25.8 Å². The van der Waals surface area contributed by atoms with Gasteiger partial charge in [-0.25, -0.2) is 0 Å². The number of anilines is 1. The van der Waals surface area contributed by atoms with E-state index in [1.807, 2.05) is 6.07 Å². The Labute approximate surface area is 205 Å². The maximum absolute atomic E-state index is 13.7. The van der Waals surface area contributed by atoms with Gasteiger partial charge >= 0.3 is 6.18 Å². The van der Waals surface area contributed by atoms with Crippen LogP contribution in [0.3, 0.4) is 0 Å². The highest BCUT2D eigenvalue weighted by Gasteiger charge is 2.37. The number of amides is 2. The van der Waals surface area contributed by atoms with Gasteiger partial charge in [-0.05, 0) is 47.5 Å². The molecule has 0 aliphatic carbocycles. The lowest BCUT2D eigenvalue weighted by molar-refractivity contribution is -0.137. The number of fused-ring (bicyclic) bond motifs is 2. The number of carbonyl (C=O) groups excluding carboxylic acids is 2. The summed E-state index contributed by atoms with van der Waals surface area (Å²) in [5.41, 5.74) is 1.69. The van der Waals surface area contributed by atoms with Crippen molar-refractivity contribution < 1.29 is 22.8 Å². The Hall–Kier alpha value is -4.40. The summed E-state index contributed by atoms with van der Waals surface area (Å²) in [5, 5.41) is 2.87. The average Bonchev–Trinajstić information content (AvgIpc) is 3.20. The van der Waals surface area contributed by atoms with Crippen molar-refractivity contribution in [2.24, 2.45) is 0 Å². The molecule has 36 heavy (non-hydrogen) atoms. The first-order valence-corrected chi connectivity index (χ1v) is 11.2. The third-order valence-corrected chi connectivity index (χ3v) is 6.12. The fraction of sp³-hybridized carbons (Fsp3) is 0.148. The number of para-hydroxylation sites is 1. The largest absolute Gasteiger partial charge is 0.417 e. The van der Waals surface area contributed by atoms with Gasteiger partial charge < -0.3 is 14.8 Å². The van der Waals surface area contributed by atoms with E-state index in [0.29, 0.717) is 35.7 Å². The van der Waals surface area contributed by atoms with Gasteiger partial charge in [-0.3, -0.25) is 14.6 Å². The Bertz CT molecular complexity index is 1430. The van der Waals surface area contributed by atoms with Crippen molar-refractivity contribution >= 4 is 17.5 Å². The van der Waals surface area contributed by atoms with E-state index in [-0.39, 0.29) is 12.5 Å². The van der Waals surface area contributed by atoms with Crippen molar-refractivity contribution in [1.29, 1.82) is 0 Å². The van der Waals surface area contributed by atoms with Gasteiger partial charge in [-0.2, -0.15) is 13.2 Å². The molecular formula is C27H21F3N4O2. The van der Waals surface area contributed by atoms with Crippen LogP contribution in [0.25, 0.3) is 0 Å². The third-order valence-electron chi connectivity index (χ3n) is 6.12. The number of nitrogens with zero attached hydrogens (tertiary/aromatic N) is 3. The lowest BCUT2D eigenvalue weighted by Gasteiger charge is -2.24. The molecule has 6 nitrogen and oxygen atoms in total. The number of aromatic nitrogens is 2. The fourth-order valence-corrected chi connectivity index (χ4v) is 4.38. The van der Waals surface area contributed by atoms with Crippen molar-refractivity contribution in [1.82, 2.24) is 14.9 Å². The number of halogens is 3. The highest BCUT2D eigenvalue weighted by Crippen LogP contribution is 2.35. The predicted molar refractivity (Wildman–Crippen MR) is 127 cm³/mol. The topological polar surface area (TPSA) is 67.2 Å². The van der Waals surface area contributed by atoms with Gasteiger partial charge in [-0.1, -0.05) is 36.4 Å². The fourth-order valence-electron chi connectivity index (χ4n) is 4.38. The first kappa shape index (κ1) is 23.3. The minimum Gasteiger partial charge on any atom is -0.347 e. The van der Waals surface area contributed by atoms with Crippen molar-refractivity contribution in [3.05, 3.63) is 119 Å². The maximum Gasteiger partial charge on any atom is 0.417 e. The molecule has 0 saturated heterocycles. The van der Waals surface area contributed by atoms with Crippen molar-refractivity contribution in [2.75, 3.05) is 4.90 Å². The SMILES string of the molecule is O=C(NCc1cccnc1)c1ccc2n1Cc1ccccc1N(C(=O)c1ccccc1C(F)(F)F)C2. The maximum atomic E-state index is 13.7. The summed E-state index contributed by atoms with van der Waals surface area (Å²) in [5.74, 6) is -1.06. The van der Waals surface area contributed by atoms with Crippen molar-refractivity contribution in [3.63, 3.8) is 0 Å². The van der Waals surface area contributed by atoms with Crippen LogP contribution in [-0.2, 0) is 25.8 Å². The van der Waals surface area contributed by atoms with Gasteiger partial charge in [0.2, 0.25) is 0 Å². The van der Waals surface area contributed by atoms with E-state index in [1.165, 1.54) is 23.1 Å². The molecule has 1 aliphatic heterocycles. The zero-order valence-corrected chi connectivity index (χ0v) is 19.0. The molecule has 2 aromatic carbocycles. The van der Waals surface area contributed by atoms with Crippen LogP contribution < -0.4 is 10.2 Å². The molecule has 0 radical (unpaired) electrons. The molecule has 2 aromatic heterocycles. The molecule has 0 bridgehead atoms. The molecule has 9 heteroatoms. The third kappa shape index (κ3) is 4.47. The summed E-state index contributed by atoms with van der Waals surface area (Å²) >= 11 is 0. The molecule has 0 unspecified atom stereocenters. The van der Waals surface area contributed by atoms with E-state index in [9.17, 15) is 22.8 Å². The molecule has 0 saturated carbocycles. The predicted octanol–water partition coefficient (Wildman–Crippen LogP) is 5.04. The quantitative estimate of drug-likeness (QED) is 0.436. The molecular weight excluding hydrogens is 469 g/mol. The van der Waals surface area contributed by atoms with E-state index in [2.05, 4.69) is 10.3 Å². The van der Waals surface area contributed by atoms with Crippen LogP contribution in [0.2, 0.25) is 0 Å². The summed E-state index contributed by atoms with van der Waals surface area (Å²) in [7, 11) is 0. The molecule has 0 atom stereocenters. The second-order valence-electron chi connectivity index (χ2n) is 8.40. The van der Waals surface area contributed by atoms with Crippen LogP contribution in [0.15, 0.2) is 85.2 Å². The number of hydrogen-bond donors (Lipinski definition) is 1. The summed E-state index contributed by atoms with van der Waals surface area (Å²) in [4.78, 5) is 31.9. The van der Waals surface area contributed by atoms with E-state index >= 15 is 0 Å². The summed E-state index contributed by atoms with van der Waals surface area (Å²) in [6, 6.07) is 18.8. The number of alkyl halides is 3. The first-order valence-electron chi connectivity index (χ1n) is 11.2. The molecule has 5 rings (SSSR count). The zero-order chi connectivity index (χ0) is 25.3. The lowest BCUT2D eigenvalue weighted by Crippen LogP contribution is -2.32. The van der Waals surface area contributed by atoms with E-state index in [1.54, 1.807) is 59.4 Å². The second-order valence-corrected chi connectivity index (χ2v) is 8.40. The average molecular weight is 490 g/mol. The van der Waals surface area contributed by atoms with E-state index in [4.69, 9.17) is 0 Å². The van der Waals surface area contributed by atoms with Crippen LogP contribution in [0.1, 0.15) is 43.2 Å². The van der Waals surface area contributed by atoms with Gasteiger partial charge in [-0.15, -0.1) is 0 Å². The van der Waals surface area contributed by atoms with Crippen LogP contribution >= 0.6 is 0 Å². The van der Waals surface area contributed by atoms with Crippen LogP contribution in [-0.4, -0.2) is 21.4 Å². The van der Waals surface area contributed by atoms with Crippen LogP contribution in [0.4, 0.5) is 18.9 Å². The second kappa shape index (κ2) is 9.33. The summed E-state index contributed by atoms with van der Waals surface area (Å²) in [6.07, 6.45) is -1.36. The summed E-state index contributed by atoms with van der Waals surface area (Å²) < 4.78 is 42.8. The number of benzene rings is 2. The Kier molecular flexibility index (Phi) is 6.05. The Balaban J connectivity index is 1.49. The molecule has 1 aliphatic rings. The molecule has 4 aromatic rings. The minimum absolute atomic E-state index is 0.0118. The van der Waals surface area contributed by atoms with E-state index in [0.717, 1.165) is 11.6 Å². The molecule has 3 heterocycles. The Morgan fingerprint density at radius 1 is 0.917 bits per heavy atom. The van der Waals surface area contributed by atoms with Crippen LogP contribution in [0.5, 0.6) is 0 Å². The Morgan fingerprint density at radius 2 is 1.69 bits per heavy atom. The van der Waals surface area contributed by atoms with Gasteiger partial charge in [0.05, 0.1) is 24.2 Å². The number of pyridine rings is 1. The van der Waals surface area contributed by atoms with Gasteiger partial charge in [0.15, 0.2) is 0 Å². The normalized spacial score (nSPS) is 12.9. The smallest absolute Gasteiger partial charge is 0.347 e. The lowest BCUT2D eigenvalue weighted by atomic mass is 10.0. The van der Waals surface area contributed by atoms with Crippen LogP contribution in [0, 0.1) is 0 Å². The molecule has 0 spiro atoms. The van der Waals surface area contributed by atoms with E-state index < -0.39 is 23.2 Å².